The number of methoxy groups -OCH3 is 2. The molecule has 3 N–H and O–H groups in total. The average molecular weight is 296 g/mol. The fourth-order valence-electron chi connectivity index (χ4n) is 2.66. The Labute approximate surface area is 127 Å². The van der Waals surface area contributed by atoms with Crippen molar-refractivity contribution in [2.75, 3.05) is 27.9 Å². The van der Waals surface area contributed by atoms with E-state index >= 15 is 0 Å². The zero-order valence-corrected chi connectivity index (χ0v) is 13.7. The van der Waals surface area contributed by atoms with Crippen molar-refractivity contribution in [3.8, 4) is 11.5 Å². The summed E-state index contributed by atoms with van der Waals surface area (Å²) in [4.78, 5) is 2.33. The van der Waals surface area contributed by atoms with Crippen LogP contribution in [-0.2, 0) is 13.0 Å². The monoisotopic (exact) mass is 296 g/mol. The highest BCUT2D eigenvalue weighted by Gasteiger charge is 2.25. The predicted molar refractivity (Wildman–Crippen MR) is 84.6 cm³/mol. The molecule has 0 fully saturated rings. The molecule has 120 valence electrons. The van der Waals surface area contributed by atoms with E-state index in [9.17, 15) is 0 Å². The fourth-order valence-corrected chi connectivity index (χ4v) is 2.66. The summed E-state index contributed by atoms with van der Waals surface area (Å²) < 4.78 is 10.7. The minimum atomic E-state index is 0.0907. The first-order valence-electron chi connectivity index (χ1n) is 7.23. The van der Waals surface area contributed by atoms with Crippen LogP contribution in [0.25, 0.3) is 0 Å². The van der Waals surface area contributed by atoms with E-state index in [2.05, 4.69) is 30.9 Å². The Morgan fingerprint density at radius 2 is 1.71 bits per heavy atom. The molecule has 1 aromatic carbocycles. The number of aliphatic hydroxyl groups excluding tert-OH is 1. The molecule has 0 saturated heterocycles. The van der Waals surface area contributed by atoms with Crippen LogP contribution in [0.4, 0.5) is 0 Å². The summed E-state index contributed by atoms with van der Waals surface area (Å²) in [7, 11) is 4.34. The second kappa shape index (κ2) is 8.22. The minimum Gasteiger partial charge on any atom is -0.493 e. The number of nitrogens with two attached hydrogens (primary N) is 1. The smallest absolute Gasteiger partial charge is 0.161 e. The quantitative estimate of drug-likeness (QED) is 0.883. The fraction of sp³-hybridized carbons (Fsp3) is 0.625. The summed E-state index contributed by atoms with van der Waals surface area (Å²) in [6.07, 6.45) is 0.954. The zero-order chi connectivity index (χ0) is 16.0. The molecular weight excluding hydrogens is 268 g/mol. The largest absolute Gasteiger partial charge is 0.493 e. The van der Waals surface area contributed by atoms with Crippen LogP contribution in [0.15, 0.2) is 12.1 Å². The Morgan fingerprint density at radius 3 is 2.19 bits per heavy atom. The molecule has 0 bridgehead atoms. The first-order valence-corrected chi connectivity index (χ1v) is 7.23. The van der Waals surface area contributed by atoms with Gasteiger partial charge in [0.25, 0.3) is 0 Å². The summed E-state index contributed by atoms with van der Waals surface area (Å²) in [5, 5.41) is 7.00. The maximum atomic E-state index is 7.00. The van der Waals surface area contributed by atoms with E-state index in [1.54, 1.807) is 14.2 Å². The Balaban J connectivity index is 0.00000106. The second-order valence-corrected chi connectivity index (χ2v) is 5.57. The molecule has 2 rings (SSSR count). The number of aliphatic hydroxyl groups is 1. The molecule has 0 radical (unpaired) electrons. The van der Waals surface area contributed by atoms with Gasteiger partial charge in [0.05, 0.1) is 20.4 Å². The molecule has 5 nitrogen and oxygen atoms in total. The third-order valence-electron chi connectivity index (χ3n) is 3.58. The van der Waals surface area contributed by atoms with E-state index in [1.807, 2.05) is 0 Å². The lowest BCUT2D eigenvalue weighted by molar-refractivity contribution is 0.155. The van der Waals surface area contributed by atoms with Gasteiger partial charge in [-0.2, -0.15) is 0 Å². The molecule has 1 aliphatic rings. The molecule has 0 saturated carbocycles. The lowest BCUT2D eigenvalue weighted by Crippen LogP contribution is -2.47. The lowest BCUT2D eigenvalue weighted by Gasteiger charge is -2.36. The normalized spacial score (nSPS) is 17.8. The number of hydrogen-bond acceptors (Lipinski definition) is 5. The Morgan fingerprint density at radius 1 is 1.19 bits per heavy atom. The molecular formula is C16H28N2O3. The van der Waals surface area contributed by atoms with E-state index in [0.717, 1.165) is 38.1 Å². The molecule has 0 aromatic heterocycles. The zero-order valence-electron chi connectivity index (χ0n) is 13.7. The topological polar surface area (TPSA) is 68.0 Å². The van der Waals surface area contributed by atoms with Crippen molar-refractivity contribution in [1.29, 1.82) is 0 Å². The number of nitrogens with zero attached hydrogens (tertiary/aromatic N) is 1. The van der Waals surface area contributed by atoms with Crippen molar-refractivity contribution in [2.24, 2.45) is 11.7 Å². The molecule has 0 amide bonds. The van der Waals surface area contributed by atoms with Gasteiger partial charge in [0.1, 0.15) is 0 Å². The highest BCUT2D eigenvalue weighted by molar-refractivity contribution is 5.48. The van der Waals surface area contributed by atoms with Crippen molar-refractivity contribution in [3.63, 3.8) is 0 Å². The van der Waals surface area contributed by atoms with Crippen LogP contribution in [0.5, 0.6) is 11.5 Å². The van der Waals surface area contributed by atoms with E-state index in [1.165, 1.54) is 11.1 Å². The van der Waals surface area contributed by atoms with Gasteiger partial charge in [0.2, 0.25) is 0 Å². The van der Waals surface area contributed by atoms with Crippen LogP contribution >= 0.6 is 0 Å². The maximum absolute atomic E-state index is 7.00. The van der Waals surface area contributed by atoms with Crippen LogP contribution in [0.3, 0.4) is 0 Å². The Bertz CT molecular complexity index is 449. The number of benzene rings is 1. The molecule has 1 aliphatic heterocycles. The average Bonchev–Trinajstić information content (AvgIpc) is 2.48. The standard InChI is InChI=1S/C15H24N2O2.CH4O/c1-10(2)8-17-9-12-6-14(19-4)13(18-3)5-11(12)7-15(17)16;1-2/h5-6,10,15H,7-9,16H2,1-4H3;2H,1H3. The molecule has 1 unspecified atom stereocenters. The highest BCUT2D eigenvalue weighted by Crippen LogP contribution is 2.34. The minimum absolute atomic E-state index is 0.0907. The summed E-state index contributed by atoms with van der Waals surface area (Å²) in [5.41, 5.74) is 8.82. The molecule has 1 heterocycles. The third kappa shape index (κ3) is 4.33. The van der Waals surface area contributed by atoms with Gasteiger partial charge in [-0.05, 0) is 29.2 Å². The molecule has 21 heavy (non-hydrogen) atoms. The number of fused-ring (bicyclic) bond motifs is 1. The second-order valence-electron chi connectivity index (χ2n) is 5.57. The molecule has 0 spiro atoms. The van der Waals surface area contributed by atoms with Crippen molar-refractivity contribution in [1.82, 2.24) is 4.90 Å². The first-order chi connectivity index (χ1) is 10.0. The third-order valence-corrected chi connectivity index (χ3v) is 3.58. The van der Waals surface area contributed by atoms with Gasteiger partial charge in [-0.1, -0.05) is 13.8 Å². The van der Waals surface area contributed by atoms with Crippen LogP contribution in [-0.4, -0.2) is 44.0 Å². The van der Waals surface area contributed by atoms with Crippen LogP contribution in [0, 0.1) is 5.92 Å². The number of hydrogen-bond donors (Lipinski definition) is 2. The van der Waals surface area contributed by atoms with Crippen LogP contribution in [0.1, 0.15) is 25.0 Å². The van der Waals surface area contributed by atoms with E-state index in [0.29, 0.717) is 5.92 Å². The molecule has 0 aliphatic carbocycles. The van der Waals surface area contributed by atoms with Crippen LogP contribution < -0.4 is 15.2 Å². The van der Waals surface area contributed by atoms with E-state index in [4.69, 9.17) is 20.3 Å². The van der Waals surface area contributed by atoms with Crippen molar-refractivity contribution < 1.29 is 14.6 Å². The van der Waals surface area contributed by atoms with Crippen molar-refractivity contribution >= 4 is 0 Å². The van der Waals surface area contributed by atoms with Gasteiger partial charge in [-0.15, -0.1) is 0 Å². The Kier molecular flexibility index (Phi) is 6.95. The SMILES string of the molecule is CO.COc1cc2c(cc1OC)CN(CC(C)C)C(N)C2. The van der Waals surface area contributed by atoms with Gasteiger partial charge in [-0.3, -0.25) is 4.90 Å². The van der Waals surface area contributed by atoms with Gasteiger partial charge < -0.3 is 20.3 Å². The molecule has 5 heteroatoms. The van der Waals surface area contributed by atoms with Gasteiger partial charge >= 0.3 is 0 Å². The number of ether oxygens (including phenoxy) is 2. The summed E-state index contributed by atoms with van der Waals surface area (Å²) in [6, 6.07) is 4.13. The summed E-state index contributed by atoms with van der Waals surface area (Å²) >= 11 is 0. The van der Waals surface area contributed by atoms with E-state index < -0.39 is 0 Å². The summed E-state index contributed by atoms with van der Waals surface area (Å²) in [6.45, 7) is 6.34. The number of rotatable bonds is 4. The van der Waals surface area contributed by atoms with Crippen molar-refractivity contribution in [2.45, 2.75) is 33.0 Å². The predicted octanol–water partition coefficient (Wildman–Crippen LogP) is 1.61. The van der Waals surface area contributed by atoms with E-state index in [-0.39, 0.29) is 6.17 Å². The Hall–Kier alpha value is -1.30. The van der Waals surface area contributed by atoms with Crippen molar-refractivity contribution in [3.05, 3.63) is 23.3 Å². The highest BCUT2D eigenvalue weighted by atomic mass is 16.5. The van der Waals surface area contributed by atoms with Gasteiger partial charge in [0.15, 0.2) is 11.5 Å². The molecule has 1 atom stereocenters. The first kappa shape index (κ1) is 17.8. The summed E-state index contributed by atoms with van der Waals surface area (Å²) in [5.74, 6) is 2.19. The van der Waals surface area contributed by atoms with Gasteiger partial charge in [0, 0.05) is 26.6 Å². The van der Waals surface area contributed by atoms with Crippen LogP contribution in [0.2, 0.25) is 0 Å². The lowest BCUT2D eigenvalue weighted by atomic mass is 9.96. The maximum Gasteiger partial charge on any atom is 0.161 e. The molecule has 1 aromatic rings. The van der Waals surface area contributed by atoms with Gasteiger partial charge in [-0.25, -0.2) is 0 Å².